The summed E-state index contributed by atoms with van der Waals surface area (Å²) in [6.45, 7) is 10.3. The van der Waals surface area contributed by atoms with Gasteiger partial charge in [-0.2, -0.15) is 0 Å². The molecule has 0 atom stereocenters. The average Bonchev–Trinajstić information content (AvgIpc) is 3.25. The second-order valence-electron chi connectivity index (χ2n) is 10.1. The van der Waals surface area contributed by atoms with Gasteiger partial charge in [0.2, 0.25) is 0 Å². The molecule has 36 heavy (non-hydrogen) atoms. The number of hydrogen-bond acceptors (Lipinski definition) is 5. The van der Waals surface area contributed by atoms with Crippen LogP contribution in [-0.4, -0.2) is 71.1 Å². The Labute approximate surface area is 217 Å². The van der Waals surface area contributed by atoms with Crippen molar-refractivity contribution in [1.29, 1.82) is 0 Å². The van der Waals surface area contributed by atoms with Crippen LogP contribution in [0.2, 0.25) is 0 Å². The molecule has 1 saturated heterocycles. The Morgan fingerprint density at radius 1 is 0.972 bits per heavy atom. The lowest BCUT2D eigenvalue weighted by atomic mass is 10.1. The van der Waals surface area contributed by atoms with E-state index in [1.54, 1.807) is 0 Å². The number of carbonyl (C=O) groups is 2. The zero-order valence-electron chi connectivity index (χ0n) is 22.8. The van der Waals surface area contributed by atoms with Crippen LogP contribution in [0, 0.1) is 0 Å². The smallest absolute Gasteiger partial charge is 0.305 e. The molecular weight excluding hydrogens is 452 g/mol. The number of esters is 1. The van der Waals surface area contributed by atoms with Crippen molar-refractivity contribution in [3.63, 3.8) is 0 Å². The molecule has 1 aliphatic rings. The van der Waals surface area contributed by atoms with Gasteiger partial charge in [-0.05, 0) is 76.4 Å². The Morgan fingerprint density at radius 3 is 2.36 bits per heavy atom. The molecule has 1 amide bonds. The second-order valence-corrected chi connectivity index (χ2v) is 10.1. The molecule has 0 spiro atoms. The van der Waals surface area contributed by atoms with Crippen LogP contribution in [0.3, 0.4) is 0 Å². The number of ether oxygens (including phenoxy) is 1. The van der Waals surface area contributed by atoms with Crippen molar-refractivity contribution in [3.05, 3.63) is 29.6 Å². The van der Waals surface area contributed by atoms with Crippen molar-refractivity contribution < 1.29 is 14.3 Å². The van der Waals surface area contributed by atoms with E-state index in [-0.39, 0.29) is 11.9 Å². The minimum Gasteiger partial charge on any atom is -0.469 e. The lowest BCUT2D eigenvalue weighted by molar-refractivity contribution is -0.140. The number of methoxy groups -OCH3 is 1. The molecule has 1 aromatic carbocycles. The number of unbranched alkanes of at least 4 members (excludes halogenated alkanes) is 2. The van der Waals surface area contributed by atoms with Crippen molar-refractivity contribution in [1.82, 2.24) is 19.4 Å². The number of aromatic nitrogens is 2. The van der Waals surface area contributed by atoms with E-state index in [2.05, 4.69) is 23.3 Å². The number of benzene rings is 1. The number of fused-ring (bicyclic) bond motifs is 1. The third-order valence-electron chi connectivity index (χ3n) is 7.24. The Kier molecular flexibility index (Phi) is 11.7. The quantitative estimate of drug-likeness (QED) is 0.306. The van der Waals surface area contributed by atoms with Crippen molar-refractivity contribution in [2.45, 2.75) is 91.0 Å². The topological polar surface area (TPSA) is 67.7 Å². The van der Waals surface area contributed by atoms with E-state index < -0.39 is 0 Å². The minimum absolute atomic E-state index is 0.118. The fraction of sp³-hybridized carbons (Fsp3) is 0.690. The molecule has 2 heterocycles. The van der Waals surface area contributed by atoms with E-state index >= 15 is 0 Å². The van der Waals surface area contributed by atoms with Gasteiger partial charge in [0.1, 0.15) is 5.82 Å². The van der Waals surface area contributed by atoms with Gasteiger partial charge in [0.25, 0.3) is 5.91 Å². The molecule has 0 saturated carbocycles. The fourth-order valence-electron chi connectivity index (χ4n) is 5.07. The molecule has 0 radical (unpaired) electrons. The highest BCUT2D eigenvalue weighted by Crippen LogP contribution is 2.22. The first-order valence-corrected chi connectivity index (χ1v) is 14.1. The summed E-state index contributed by atoms with van der Waals surface area (Å²) in [6.07, 6.45) is 11.0. The number of rotatable bonds is 15. The van der Waals surface area contributed by atoms with E-state index in [4.69, 9.17) is 9.72 Å². The second kappa shape index (κ2) is 15.0. The summed E-state index contributed by atoms with van der Waals surface area (Å²) in [5.74, 6) is 0.924. The van der Waals surface area contributed by atoms with Crippen molar-refractivity contribution in [2.75, 3.05) is 39.8 Å². The largest absolute Gasteiger partial charge is 0.469 e. The molecule has 7 heteroatoms. The van der Waals surface area contributed by atoms with E-state index in [1.807, 2.05) is 23.1 Å². The highest BCUT2D eigenvalue weighted by molar-refractivity contribution is 5.97. The van der Waals surface area contributed by atoms with Crippen LogP contribution in [0.5, 0.6) is 0 Å². The summed E-state index contributed by atoms with van der Waals surface area (Å²) < 4.78 is 7.10. The summed E-state index contributed by atoms with van der Waals surface area (Å²) in [5, 5.41) is 0. The summed E-state index contributed by atoms with van der Waals surface area (Å²) in [4.78, 5) is 34.6. The number of aryl methyl sites for hydroxylation is 2. The van der Waals surface area contributed by atoms with Gasteiger partial charge in [-0.1, -0.05) is 33.1 Å². The number of nitrogens with zero attached hydrogens (tertiary/aromatic N) is 4. The molecule has 0 N–H and O–H groups in total. The normalized spacial score (nSPS) is 14.3. The van der Waals surface area contributed by atoms with Gasteiger partial charge in [0, 0.05) is 38.0 Å². The van der Waals surface area contributed by atoms with Crippen LogP contribution in [0.1, 0.15) is 94.2 Å². The Morgan fingerprint density at radius 2 is 1.69 bits per heavy atom. The van der Waals surface area contributed by atoms with Crippen LogP contribution in [0.4, 0.5) is 0 Å². The predicted octanol–water partition coefficient (Wildman–Crippen LogP) is 5.45. The maximum Gasteiger partial charge on any atom is 0.305 e. The number of imidazole rings is 1. The van der Waals surface area contributed by atoms with Crippen molar-refractivity contribution in [2.24, 2.45) is 0 Å². The van der Waals surface area contributed by atoms with Gasteiger partial charge < -0.3 is 19.1 Å². The summed E-state index contributed by atoms with van der Waals surface area (Å²) in [5.41, 5.74) is 2.69. The summed E-state index contributed by atoms with van der Waals surface area (Å²) in [7, 11) is 1.43. The SMILES string of the molecule is CCCCN(CCCC)C(=O)c1ccc2nc(CCCC(=O)OC)n(CCCN3CCCCC3)c2c1. The maximum atomic E-state index is 13.5. The van der Waals surface area contributed by atoms with E-state index in [0.717, 1.165) is 87.1 Å². The van der Waals surface area contributed by atoms with Crippen LogP contribution >= 0.6 is 0 Å². The van der Waals surface area contributed by atoms with Gasteiger partial charge in [0.15, 0.2) is 0 Å². The monoisotopic (exact) mass is 498 g/mol. The molecule has 1 aromatic heterocycles. The molecular formula is C29H46N4O3. The Balaban J connectivity index is 1.81. The molecule has 0 bridgehead atoms. The van der Waals surface area contributed by atoms with Crippen LogP contribution in [0.15, 0.2) is 18.2 Å². The molecule has 2 aromatic rings. The minimum atomic E-state index is -0.185. The Bertz CT molecular complexity index is 957. The van der Waals surface area contributed by atoms with Gasteiger partial charge in [0.05, 0.1) is 18.1 Å². The third kappa shape index (κ3) is 8.05. The molecule has 1 fully saturated rings. The lowest BCUT2D eigenvalue weighted by Gasteiger charge is -2.26. The highest BCUT2D eigenvalue weighted by atomic mass is 16.5. The number of carbonyl (C=O) groups excluding carboxylic acids is 2. The maximum absolute atomic E-state index is 13.5. The van der Waals surface area contributed by atoms with E-state index in [9.17, 15) is 9.59 Å². The first kappa shape index (κ1) is 28.2. The Hall–Kier alpha value is -2.41. The van der Waals surface area contributed by atoms with Gasteiger partial charge in [-0.3, -0.25) is 9.59 Å². The molecule has 200 valence electrons. The number of piperidine rings is 1. The average molecular weight is 499 g/mol. The zero-order chi connectivity index (χ0) is 25.8. The molecule has 0 unspecified atom stereocenters. The van der Waals surface area contributed by atoms with Gasteiger partial charge in [-0.25, -0.2) is 4.98 Å². The third-order valence-corrected chi connectivity index (χ3v) is 7.24. The number of amides is 1. The number of hydrogen-bond donors (Lipinski definition) is 0. The van der Waals surface area contributed by atoms with Crippen molar-refractivity contribution in [3.8, 4) is 0 Å². The van der Waals surface area contributed by atoms with Crippen LogP contribution in [-0.2, 0) is 22.5 Å². The number of likely N-dealkylation sites (tertiary alicyclic amines) is 1. The van der Waals surface area contributed by atoms with Crippen molar-refractivity contribution >= 4 is 22.9 Å². The summed E-state index contributed by atoms with van der Waals surface area (Å²) >= 11 is 0. The molecule has 0 aliphatic carbocycles. The van der Waals surface area contributed by atoms with Crippen LogP contribution in [0.25, 0.3) is 11.0 Å². The van der Waals surface area contributed by atoms with Crippen LogP contribution < -0.4 is 0 Å². The first-order valence-electron chi connectivity index (χ1n) is 14.1. The zero-order valence-corrected chi connectivity index (χ0v) is 22.8. The van der Waals surface area contributed by atoms with E-state index in [1.165, 1.54) is 39.5 Å². The van der Waals surface area contributed by atoms with Gasteiger partial charge in [-0.15, -0.1) is 0 Å². The highest BCUT2D eigenvalue weighted by Gasteiger charge is 2.19. The molecule has 7 nitrogen and oxygen atoms in total. The fourth-order valence-corrected chi connectivity index (χ4v) is 5.07. The van der Waals surface area contributed by atoms with E-state index in [0.29, 0.717) is 12.8 Å². The molecule has 3 rings (SSSR count). The lowest BCUT2D eigenvalue weighted by Crippen LogP contribution is -2.33. The van der Waals surface area contributed by atoms with Gasteiger partial charge >= 0.3 is 5.97 Å². The standard InChI is InChI=1S/C29H46N4O3/c1-4-6-20-32(21-7-5-2)29(35)24-15-16-25-26(23-24)33(22-12-19-31-17-9-8-10-18-31)27(30-25)13-11-14-28(34)36-3/h15-16,23H,4-14,17-22H2,1-3H3. The molecule has 1 aliphatic heterocycles. The summed E-state index contributed by atoms with van der Waals surface area (Å²) in [6, 6.07) is 5.96. The predicted molar refractivity (Wildman–Crippen MR) is 145 cm³/mol. The first-order chi connectivity index (χ1) is 17.6.